The molecule has 1 unspecified atom stereocenters. The number of nitrogens with one attached hydrogen (secondary N) is 1. The highest BCUT2D eigenvalue weighted by Crippen LogP contribution is 2.09. The Morgan fingerprint density at radius 3 is 2.14 bits per heavy atom. The Kier molecular flexibility index (Phi) is 8.94. The van der Waals surface area contributed by atoms with Gasteiger partial charge in [0.2, 0.25) is 6.23 Å². The SMILES string of the molecule is CCOC(C#N)NC(=O)c1ccc(Cl)cc1.NC(=O)C(N)=O. The number of hydrogen-bond acceptors (Lipinski definition) is 5. The van der Waals surface area contributed by atoms with Crippen LogP contribution in [0.3, 0.4) is 0 Å². The standard InChI is InChI=1S/C11H11ClN2O2.C2H4N2O2/c1-2-16-10(7-13)14-11(15)8-3-5-9(12)6-4-8;3-1(5)2(4)6/h3-6,10H,2H2,1H3,(H,14,15);(H2,3,5)(H2,4,6). The van der Waals surface area contributed by atoms with E-state index < -0.39 is 18.0 Å². The van der Waals surface area contributed by atoms with Gasteiger partial charge in [0, 0.05) is 17.2 Å². The number of carbonyl (C=O) groups is 3. The lowest BCUT2D eigenvalue weighted by molar-refractivity contribution is -0.135. The predicted octanol–water partition coefficient (Wildman–Crippen LogP) is -0.0870. The number of nitrogens with two attached hydrogens (primary N) is 2. The summed E-state index contributed by atoms with van der Waals surface area (Å²) in [6.07, 6.45) is -0.923. The first-order valence-electron chi connectivity index (χ1n) is 5.98. The third-order valence-corrected chi connectivity index (χ3v) is 2.31. The molecule has 0 spiro atoms. The molecule has 0 aliphatic carbocycles. The lowest BCUT2D eigenvalue weighted by Gasteiger charge is -2.11. The van der Waals surface area contributed by atoms with Crippen molar-refractivity contribution in [2.75, 3.05) is 6.61 Å². The number of amides is 3. The van der Waals surface area contributed by atoms with Crippen molar-refractivity contribution in [1.29, 1.82) is 5.26 Å². The molecule has 9 heteroatoms. The number of halogens is 1. The van der Waals surface area contributed by atoms with E-state index in [1.807, 2.05) is 6.07 Å². The smallest absolute Gasteiger partial charge is 0.306 e. The summed E-state index contributed by atoms with van der Waals surface area (Å²) >= 11 is 5.69. The summed E-state index contributed by atoms with van der Waals surface area (Å²) < 4.78 is 4.99. The Labute approximate surface area is 132 Å². The number of ether oxygens (including phenoxy) is 1. The topological polar surface area (TPSA) is 148 Å². The van der Waals surface area contributed by atoms with Crippen molar-refractivity contribution in [3.63, 3.8) is 0 Å². The van der Waals surface area contributed by atoms with Gasteiger partial charge in [0.1, 0.15) is 6.07 Å². The van der Waals surface area contributed by atoms with Crippen LogP contribution in [0.15, 0.2) is 24.3 Å². The minimum atomic E-state index is -1.10. The molecule has 0 aromatic heterocycles. The molecule has 0 bridgehead atoms. The Balaban J connectivity index is 0.000000626. The summed E-state index contributed by atoms with van der Waals surface area (Å²) in [6, 6.07) is 8.22. The Hall–Kier alpha value is -2.63. The predicted molar refractivity (Wildman–Crippen MR) is 78.3 cm³/mol. The van der Waals surface area contributed by atoms with E-state index in [0.717, 1.165) is 0 Å². The quantitative estimate of drug-likeness (QED) is 0.522. The molecular weight excluding hydrogens is 312 g/mol. The van der Waals surface area contributed by atoms with Crippen LogP contribution in [0.2, 0.25) is 5.02 Å². The van der Waals surface area contributed by atoms with Gasteiger partial charge in [-0.1, -0.05) is 11.6 Å². The summed E-state index contributed by atoms with van der Waals surface area (Å²) in [4.78, 5) is 30.5. The van der Waals surface area contributed by atoms with Gasteiger partial charge in [-0.15, -0.1) is 0 Å². The molecule has 0 radical (unpaired) electrons. The zero-order valence-corrected chi connectivity index (χ0v) is 12.5. The lowest BCUT2D eigenvalue weighted by atomic mass is 10.2. The minimum Gasteiger partial charge on any atom is -0.361 e. The van der Waals surface area contributed by atoms with E-state index in [2.05, 4.69) is 16.8 Å². The van der Waals surface area contributed by atoms with E-state index in [1.165, 1.54) is 0 Å². The fraction of sp³-hybridized carbons (Fsp3) is 0.231. The summed E-state index contributed by atoms with van der Waals surface area (Å²) in [5.41, 5.74) is 9.08. The molecule has 3 amide bonds. The van der Waals surface area contributed by atoms with Crippen LogP contribution < -0.4 is 16.8 Å². The molecule has 1 aromatic rings. The maximum atomic E-state index is 11.6. The van der Waals surface area contributed by atoms with Crippen molar-refractivity contribution in [3.05, 3.63) is 34.9 Å². The summed E-state index contributed by atoms with van der Waals surface area (Å²) in [7, 11) is 0. The number of nitrogens with zero attached hydrogens (tertiary/aromatic N) is 1. The van der Waals surface area contributed by atoms with Crippen LogP contribution in [0.1, 0.15) is 17.3 Å². The minimum absolute atomic E-state index is 0.360. The first-order chi connectivity index (χ1) is 10.3. The van der Waals surface area contributed by atoms with E-state index >= 15 is 0 Å². The van der Waals surface area contributed by atoms with Gasteiger partial charge in [0.15, 0.2) is 0 Å². The van der Waals surface area contributed by atoms with Gasteiger partial charge in [-0.25, -0.2) is 0 Å². The van der Waals surface area contributed by atoms with Gasteiger partial charge >= 0.3 is 11.8 Å². The molecule has 22 heavy (non-hydrogen) atoms. The van der Waals surface area contributed by atoms with E-state index in [-0.39, 0.29) is 5.91 Å². The van der Waals surface area contributed by atoms with Crippen LogP contribution in [-0.2, 0) is 14.3 Å². The normalized spacial score (nSPS) is 10.4. The molecule has 0 saturated heterocycles. The third-order valence-electron chi connectivity index (χ3n) is 2.06. The molecule has 0 fully saturated rings. The highest BCUT2D eigenvalue weighted by Gasteiger charge is 2.12. The van der Waals surface area contributed by atoms with Crippen molar-refractivity contribution < 1.29 is 19.1 Å². The van der Waals surface area contributed by atoms with Gasteiger partial charge < -0.3 is 21.5 Å². The largest absolute Gasteiger partial charge is 0.361 e. The zero-order valence-electron chi connectivity index (χ0n) is 11.7. The van der Waals surface area contributed by atoms with E-state index in [0.29, 0.717) is 17.2 Å². The number of rotatable bonds is 4. The molecule has 1 aromatic carbocycles. The highest BCUT2D eigenvalue weighted by molar-refractivity contribution is 6.33. The van der Waals surface area contributed by atoms with Crippen LogP contribution >= 0.6 is 11.6 Å². The number of benzene rings is 1. The van der Waals surface area contributed by atoms with Crippen molar-refractivity contribution in [2.45, 2.75) is 13.2 Å². The monoisotopic (exact) mass is 326 g/mol. The molecule has 8 nitrogen and oxygen atoms in total. The van der Waals surface area contributed by atoms with Crippen molar-refractivity contribution in [1.82, 2.24) is 5.32 Å². The van der Waals surface area contributed by atoms with Crippen LogP contribution in [0, 0.1) is 11.3 Å². The van der Waals surface area contributed by atoms with Gasteiger partial charge in [0.25, 0.3) is 5.91 Å². The molecular formula is C13H15ClN4O4. The van der Waals surface area contributed by atoms with E-state index in [4.69, 9.17) is 21.6 Å². The second-order valence-corrected chi connectivity index (χ2v) is 4.11. The summed E-state index contributed by atoms with van der Waals surface area (Å²) in [5, 5.41) is 11.7. The van der Waals surface area contributed by atoms with Gasteiger partial charge in [0.05, 0.1) is 0 Å². The van der Waals surface area contributed by atoms with Crippen LogP contribution in [0.25, 0.3) is 0 Å². The molecule has 5 N–H and O–H groups in total. The van der Waals surface area contributed by atoms with Crippen molar-refractivity contribution in [3.8, 4) is 6.07 Å². The third kappa shape index (κ3) is 7.84. The average Bonchev–Trinajstić information content (AvgIpc) is 2.47. The zero-order chi connectivity index (χ0) is 17.1. The van der Waals surface area contributed by atoms with Gasteiger partial charge in [-0.2, -0.15) is 5.26 Å². The molecule has 0 aliphatic rings. The summed E-state index contributed by atoms with van der Waals surface area (Å²) in [5.74, 6) is -2.57. The Morgan fingerprint density at radius 1 is 1.27 bits per heavy atom. The first kappa shape index (κ1) is 19.4. The van der Waals surface area contributed by atoms with E-state index in [9.17, 15) is 14.4 Å². The molecule has 0 aliphatic heterocycles. The van der Waals surface area contributed by atoms with Crippen LogP contribution in [0.5, 0.6) is 0 Å². The van der Waals surface area contributed by atoms with Crippen molar-refractivity contribution >= 4 is 29.3 Å². The van der Waals surface area contributed by atoms with Gasteiger partial charge in [-0.3, -0.25) is 14.4 Å². The van der Waals surface area contributed by atoms with Crippen molar-refractivity contribution in [2.24, 2.45) is 11.5 Å². The number of primary amides is 2. The average molecular weight is 327 g/mol. The maximum Gasteiger partial charge on any atom is 0.306 e. The molecule has 1 rings (SSSR count). The maximum absolute atomic E-state index is 11.6. The van der Waals surface area contributed by atoms with Gasteiger partial charge in [-0.05, 0) is 31.2 Å². The number of hydrogen-bond donors (Lipinski definition) is 3. The Morgan fingerprint density at radius 2 is 1.77 bits per heavy atom. The second-order valence-electron chi connectivity index (χ2n) is 3.67. The molecule has 1 atom stereocenters. The lowest BCUT2D eigenvalue weighted by Crippen LogP contribution is -2.35. The fourth-order valence-electron chi connectivity index (χ4n) is 1.08. The molecule has 118 valence electrons. The molecule has 0 heterocycles. The number of carbonyl (C=O) groups excluding carboxylic acids is 3. The first-order valence-corrected chi connectivity index (χ1v) is 6.36. The second kappa shape index (κ2) is 10.1. The van der Waals surface area contributed by atoms with Crippen LogP contribution in [-0.4, -0.2) is 30.6 Å². The Bertz CT molecular complexity index is 556. The highest BCUT2D eigenvalue weighted by atomic mass is 35.5. The number of nitriles is 1. The fourth-order valence-corrected chi connectivity index (χ4v) is 1.21. The van der Waals surface area contributed by atoms with E-state index in [1.54, 1.807) is 31.2 Å². The molecule has 0 saturated carbocycles. The van der Waals surface area contributed by atoms with Crippen LogP contribution in [0.4, 0.5) is 0 Å². The summed E-state index contributed by atoms with van der Waals surface area (Å²) in [6.45, 7) is 2.11.